The van der Waals surface area contributed by atoms with Gasteiger partial charge >= 0.3 is 6.18 Å². The lowest BCUT2D eigenvalue weighted by molar-refractivity contribution is -0.137. The number of rotatable bonds is 8. The number of hydrogen-bond donors (Lipinski definition) is 2. The molecule has 194 valence electrons. The van der Waals surface area contributed by atoms with Gasteiger partial charge in [-0.05, 0) is 49.3 Å². The molecule has 2 N–H and O–H groups in total. The number of carbonyl (C=O) groups excluding carboxylic acids is 2. The highest BCUT2D eigenvalue weighted by Gasteiger charge is 2.33. The van der Waals surface area contributed by atoms with E-state index in [0.717, 1.165) is 50.2 Å². The van der Waals surface area contributed by atoms with E-state index in [1.165, 1.54) is 36.1 Å². The molecule has 2 aliphatic carbocycles. The lowest BCUT2D eigenvalue weighted by Crippen LogP contribution is -2.48. The molecule has 0 spiro atoms. The molecule has 0 bridgehead atoms. The van der Waals surface area contributed by atoms with Crippen LogP contribution in [0.4, 0.5) is 18.9 Å². The zero-order valence-corrected chi connectivity index (χ0v) is 20.9. The lowest BCUT2D eigenvalue weighted by Gasteiger charge is -2.26. The number of benzene rings is 1. The van der Waals surface area contributed by atoms with Crippen LogP contribution in [0.2, 0.25) is 0 Å². The molecule has 36 heavy (non-hydrogen) atoms. The molecule has 2 saturated carbocycles. The first-order chi connectivity index (χ1) is 17.3. The summed E-state index contributed by atoms with van der Waals surface area (Å²) in [6, 6.07) is 3.50. The summed E-state index contributed by atoms with van der Waals surface area (Å²) in [6.07, 6.45) is 6.11. The van der Waals surface area contributed by atoms with Gasteiger partial charge in [0.2, 0.25) is 5.91 Å². The van der Waals surface area contributed by atoms with Crippen LogP contribution in [0, 0.1) is 5.92 Å². The van der Waals surface area contributed by atoms with Gasteiger partial charge in [-0.25, -0.2) is 4.98 Å². The highest BCUT2D eigenvalue weighted by atomic mass is 32.1. The third kappa shape index (κ3) is 6.02. The Kier molecular flexibility index (Phi) is 7.23. The zero-order chi connectivity index (χ0) is 25.3. The Balaban J connectivity index is 1.24. The molecule has 1 atom stereocenters. The number of amides is 2. The number of halogens is 3. The number of aromatic nitrogens is 1. The van der Waals surface area contributed by atoms with Gasteiger partial charge in [0, 0.05) is 18.3 Å². The van der Waals surface area contributed by atoms with Crippen LogP contribution in [0.3, 0.4) is 0 Å². The van der Waals surface area contributed by atoms with E-state index in [0.29, 0.717) is 47.4 Å². The molecule has 3 aliphatic rings. The van der Waals surface area contributed by atoms with Crippen LogP contribution in [0.25, 0.3) is 0 Å². The molecule has 1 aromatic carbocycles. The number of nitrogens with one attached hydrogen (secondary N) is 2. The van der Waals surface area contributed by atoms with Crippen molar-refractivity contribution in [2.45, 2.75) is 82.6 Å². The van der Waals surface area contributed by atoms with Crippen molar-refractivity contribution >= 4 is 28.8 Å². The highest BCUT2D eigenvalue weighted by molar-refractivity contribution is 7.13. The van der Waals surface area contributed by atoms with Gasteiger partial charge in [-0.3, -0.25) is 9.59 Å². The summed E-state index contributed by atoms with van der Waals surface area (Å²) >= 11 is 1.22. The van der Waals surface area contributed by atoms with Crippen LogP contribution in [0.1, 0.15) is 77.2 Å². The highest BCUT2D eigenvalue weighted by Crippen LogP contribution is 2.37. The predicted molar refractivity (Wildman–Crippen MR) is 132 cm³/mol. The second-order valence-corrected chi connectivity index (χ2v) is 11.3. The molecule has 1 aromatic heterocycles. The van der Waals surface area contributed by atoms with Crippen LogP contribution in [0.15, 0.2) is 24.4 Å². The van der Waals surface area contributed by atoms with Gasteiger partial charge in [0.15, 0.2) is 0 Å². The van der Waals surface area contributed by atoms with Crippen molar-refractivity contribution in [2.75, 3.05) is 11.4 Å². The van der Waals surface area contributed by atoms with Crippen LogP contribution < -0.4 is 15.5 Å². The SMILES string of the molecule is O=C(N[C@@H](CC1CCCCC1)C(=O)NC1CC1)c1cnc(CN2CCc3ccc(C(F)(F)F)cc32)s1. The van der Waals surface area contributed by atoms with E-state index in [2.05, 4.69) is 15.6 Å². The van der Waals surface area contributed by atoms with Crippen LogP contribution >= 0.6 is 11.3 Å². The Morgan fingerprint density at radius 2 is 1.92 bits per heavy atom. The molecule has 0 radical (unpaired) electrons. The standard InChI is InChI=1S/C26H31F3N4O2S/c27-26(28,29)18-7-6-17-10-11-33(21(17)13-18)15-23-30-14-22(36-23)25(35)32-20(24(34)31-19-8-9-19)12-16-4-2-1-3-5-16/h6-7,13-14,16,19-20H,1-5,8-12,15H2,(H,31,34)(H,32,35)/t20-/m0/s1. The van der Waals surface area contributed by atoms with Crippen molar-refractivity contribution < 1.29 is 22.8 Å². The minimum absolute atomic E-state index is 0.115. The third-order valence-corrected chi connectivity index (χ3v) is 8.33. The van der Waals surface area contributed by atoms with E-state index in [1.807, 2.05) is 4.90 Å². The Bertz CT molecular complexity index is 1110. The predicted octanol–water partition coefficient (Wildman–Crippen LogP) is 5.07. The normalized spacial score (nSPS) is 19.1. The van der Waals surface area contributed by atoms with E-state index in [4.69, 9.17) is 0 Å². The minimum atomic E-state index is -4.39. The van der Waals surface area contributed by atoms with Gasteiger partial charge < -0.3 is 15.5 Å². The smallest absolute Gasteiger partial charge is 0.364 e. The van der Waals surface area contributed by atoms with Crippen molar-refractivity contribution in [1.29, 1.82) is 0 Å². The summed E-state index contributed by atoms with van der Waals surface area (Å²) in [7, 11) is 0. The summed E-state index contributed by atoms with van der Waals surface area (Å²) in [4.78, 5) is 32.6. The Morgan fingerprint density at radius 3 is 2.64 bits per heavy atom. The number of thiazole rings is 1. The molecule has 6 nitrogen and oxygen atoms in total. The molecule has 10 heteroatoms. The third-order valence-electron chi connectivity index (χ3n) is 7.35. The van der Waals surface area contributed by atoms with Crippen LogP contribution in [-0.4, -0.2) is 35.4 Å². The van der Waals surface area contributed by atoms with Crippen molar-refractivity contribution in [2.24, 2.45) is 5.92 Å². The summed E-state index contributed by atoms with van der Waals surface area (Å²) in [5.74, 6) is -0.00941. The molecule has 1 aliphatic heterocycles. The molecule has 2 fully saturated rings. The molecule has 5 rings (SSSR count). The second kappa shape index (κ2) is 10.4. The average molecular weight is 521 g/mol. The van der Waals surface area contributed by atoms with Crippen LogP contribution in [0.5, 0.6) is 0 Å². The van der Waals surface area contributed by atoms with E-state index < -0.39 is 17.8 Å². The maximum Gasteiger partial charge on any atom is 0.416 e. The quantitative estimate of drug-likeness (QED) is 0.510. The fraction of sp³-hybridized carbons (Fsp3) is 0.577. The minimum Gasteiger partial charge on any atom is -0.364 e. The van der Waals surface area contributed by atoms with Crippen molar-refractivity contribution in [3.8, 4) is 0 Å². The molecule has 0 unspecified atom stereocenters. The monoisotopic (exact) mass is 520 g/mol. The first-order valence-electron chi connectivity index (χ1n) is 12.8. The van der Waals surface area contributed by atoms with Crippen molar-refractivity contribution in [3.05, 3.63) is 45.4 Å². The van der Waals surface area contributed by atoms with Gasteiger partial charge in [0.1, 0.15) is 15.9 Å². The van der Waals surface area contributed by atoms with Crippen molar-refractivity contribution in [1.82, 2.24) is 15.6 Å². The van der Waals surface area contributed by atoms with Gasteiger partial charge in [-0.1, -0.05) is 38.2 Å². The topological polar surface area (TPSA) is 74.3 Å². The Morgan fingerprint density at radius 1 is 1.14 bits per heavy atom. The Labute approximate surface area is 212 Å². The van der Waals surface area contributed by atoms with Gasteiger partial charge in [-0.2, -0.15) is 13.2 Å². The molecular weight excluding hydrogens is 489 g/mol. The largest absolute Gasteiger partial charge is 0.416 e. The van der Waals surface area contributed by atoms with Gasteiger partial charge in [0.05, 0.1) is 18.3 Å². The molecule has 2 heterocycles. The maximum atomic E-state index is 13.2. The van der Waals surface area contributed by atoms with Gasteiger partial charge in [-0.15, -0.1) is 11.3 Å². The summed E-state index contributed by atoms with van der Waals surface area (Å²) in [5, 5.41) is 6.62. The first-order valence-corrected chi connectivity index (χ1v) is 13.6. The average Bonchev–Trinajstić information content (AvgIpc) is 3.38. The van der Waals surface area contributed by atoms with E-state index in [-0.39, 0.29) is 17.9 Å². The fourth-order valence-electron chi connectivity index (χ4n) is 5.18. The molecule has 2 aromatic rings. The second-order valence-electron chi connectivity index (χ2n) is 10.2. The number of hydrogen-bond acceptors (Lipinski definition) is 5. The number of fused-ring (bicyclic) bond motifs is 1. The van der Waals surface area contributed by atoms with E-state index in [9.17, 15) is 22.8 Å². The Hall–Kier alpha value is -2.62. The van der Waals surface area contributed by atoms with Crippen LogP contribution in [-0.2, 0) is 23.9 Å². The van der Waals surface area contributed by atoms with Crippen molar-refractivity contribution in [3.63, 3.8) is 0 Å². The van der Waals surface area contributed by atoms with E-state index >= 15 is 0 Å². The first kappa shape index (κ1) is 25.0. The number of anilines is 1. The summed E-state index contributed by atoms with van der Waals surface area (Å²) < 4.78 is 39.5. The van der Waals surface area contributed by atoms with Gasteiger partial charge in [0.25, 0.3) is 5.91 Å². The lowest BCUT2D eigenvalue weighted by atomic mass is 9.84. The van der Waals surface area contributed by atoms with E-state index in [1.54, 1.807) is 0 Å². The number of carbonyl (C=O) groups is 2. The zero-order valence-electron chi connectivity index (χ0n) is 20.1. The summed E-state index contributed by atoms with van der Waals surface area (Å²) in [6.45, 7) is 0.933. The maximum absolute atomic E-state index is 13.2. The molecule has 2 amide bonds. The molecular formula is C26H31F3N4O2S. The number of nitrogens with zero attached hydrogens (tertiary/aromatic N) is 2. The fourth-order valence-corrected chi connectivity index (χ4v) is 6.02. The summed E-state index contributed by atoms with van der Waals surface area (Å²) in [5.41, 5.74) is 0.779. The molecule has 0 saturated heterocycles. The number of alkyl halides is 3.